The number of phenols is 1. The Kier molecular flexibility index (Phi) is 6.25. The summed E-state index contributed by atoms with van der Waals surface area (Å²) in [6, 6.07) is 9.09. The van der Waals surface area contributed by atoms with Crippen LogP contribution in [0.1, 0.15) is 34.3 Å². The zero-order valence-corrected chi connectivity index (χ0v) is 22.1. The number of Topliss-reactive ketones (excluding diaryl/α,β-unsaturated/α-hetero) is 2. The van der Waals surface area contributed by atoms with Crippen LogP contribution in [-0.4, -0.2) is 79.7 Å². The topological polar surface area (TPSA) is 182 Å². The van der Waals surface area contributed by atoms with Gasteiger partial charge in [-0.2, -0.15) is 0 Å². The number of hydrogen-bond donors (Lipinski definition) is 6. The van der Waals surface area contributed by atoms with Gasteiger partial charge in [-0.3, -0.25) is 19.3 Å². The number of carbonyl (C=O) groups excluding carboxylic acids is 3. The summed E-state index contributed by atoms with van der Waals surface area (Å²) in [6.07, 6.45) is 0.0272. The summed E-state index contributed by atoms with van der Waals surface area (Å²) < 4.78 is 0. The Morgan fingerprint density at radius 3 is 2.25 bits per heavy atom. The number of aromatic hydroxyl groups is 1. The second-order valence-electron chi connectivity index (χ2n) is 10.8. The van der Waals surface area contributed by atoms with Crippen LogP contribution in [0.2, 0.25) is 0 Å². The highest BCUT2D eigenvalue weighted by molar-refractivity contribution is 6.25. The molecule has 10 heteroatoms. The molecule has 0 radical (unpaired) electrons. The summed E-state index contributed by atoms with van der Waals surface area (Å²) in [5.41, 5.74) is 3.10. The van der Waals surface area contributed by atoms with Crippen molar-refractivity contribution in [1.82, 2.24) is 4.90 Å². The van der Waals surface area contributed by atoms with Crippen molar-refractivity contribution in [3.05, 3.63) is 82.3 Å². The van der Waals surface area contributed by atoms with E-state index < -0.39 is 75.6 Å². The van der Waals surface area contributed by atoms with Crippen LogP contribution in [0.5, 0.6) is 5.75 Å². The average molecular weight is 547 g/mol. The molecule has 3 aliphatic rings. The molecule has 0 bridgehead atoms. The molecule has 0 saturated carbocycles. The first-order valence-corrected chi connectivity index (χ1v) is 12.7. The summed E-state index contributed by atoms with van der Waals surface area (Å²) in [4.78, 5) is 41.0. The van der Waals surface area contributed by atoms with Gasteiger partial charge in [0.2, 0.25) is 5.78 Å². The maximum atomic E-state index is 14.0. The number of amides is 1. The molecule has 0 aliphatic heterocycles. The highest BCUT2D eigenvalue weighted by Crippen LogP contribution is 2.56. The summed E-state index contributed by atoms with van der Waals surface area (Å²) in [5.74, 6) is -9.12. The van der Waals surface area contributed by atoms with Crippen molar-refractivity contribution >= 4 is 23.5 Å². The molecular weight excluding hydrogens is 516 g/mol. The summed E-state index contributed by atoms with van der Waals surface area (Å²) in [7, 11) is 2.98. The van der Waals surface area contributed by atoms with Gasteiger partial charge in [0.1, 0.15) is 22.8 Å². The number of nitrogens with zero attached hydrogens (tertiary/aromatic N) is 1. The Balaban J connectivity index is 1.75. The lowest BCUT2D eigenvalue weighted by molar-refractivity contribution is -0.162. The van der Waals surface area contributed by atoms with Crippen molar-refractivity contribution in [2.75, 3.05) is 14.1 Å². The third-order valence-corrected chi connectivity index (χ3v) is 8.59. The Bertz CT molecular complexity index is 1550. The van der Waals surface area contributed by atoms with Gasteiger partial charge in [-0.25, -0.2) is 0 Å². The zero-order chi connectivity index (χ0) is 29.4. The lowest BCUT2D eigenvalue weighted by Crippen LogP contribution is -2.68. The lowest BCUT2D eigenvalue weighted by atomic mass is 9.55. The van der Waals surface area contributed by atoms with Crippen LogP contribution >= 0.6 is 0 Å². The molecule has 0 aromatic heterocycles. The van der Waals surface area contributed by atoms with E-state index in [2.05, 4.69) is 6.58 Å². The van der Waals surface area contributed by atoms with Crippen molar-refractivity contribution in [3.8, 4) is 16.9 Å². The fourth-order valence-electron chi connectivity index (χ4n) is 6.65. The highest BCUT2D eigenvalue weighted by Gasteiger charge is 2.67. The van der Waals surface area contributed by atoms with E-state index in [1.54, 1.807) is 49.4 Å². The van der Waals surface area contributed by atoms with Crippen LogP contribution < -0.4 is 5.73 Å². The SMILES string of the molecule is C=Cc1ccc(-c2ccc3c(c2O)C(=O)C2=C(O)[C@]4(O)C(=O)C(C(N)=O)=C(O)[C@@H](N(C)C)[C@@H]4[C@@H](O)[C@@H]2[C@H]3C)cc1. The number of benzene rings is 2. The number of aliphatic hydroxyl groups excluding tert-OH is 3. The summed E-state index contributed by atoms with van der Waals surface area (Å²) in [6.45, 7) is 5.41. The van der Waals surface area contributed by atoms with Crippen molar-refractivity contribution in [3.63, 3.8) is 0 Å². The Morgan fingerprint density at radius 1 is 1.07 bits per heavy atom. The number of primary amides is 1. The fraction of sp³-hybridized carbons (Fsp3) is 0.300. The molecule has 0 heterocycles. The van der Waals surface area contributed by atoms with Gasteiger partial charge in [0.25, 0.3) is 5.91 Å². The van der Waals surface area contributed by atoms with Gasteiger partial charge in [-0.05, 0) is 36.7 Å². The molecule has 6 atom stereocenters. The first kappa shape index (κ1) is 27.3. The minimum absolute atomic E-state index is 0.134. The minimum atomic E-state index is -2.95. The quantitative estimate of drug-likeness (QED) is 0.312. The average Bonchev–Trinajstić information content (AvgIpc) is 2.90. The molecular formula is C30H30N2O8. The van der Waals surface area contributed by atoms with Crippen LogP contribution in [0.15, 0.2) is 65.6 Å². The predicted molar refractivity (Wildman–Crippen MR) is 145 cm³/mol. The Morgan fingerprint density at radius 2 is 1.70 bits per heavy atom. The second kappa shape index (κ2) is 9.16. The van der Waals surface area contributed by atoms with Gasteiger partial charge < -0.3 is 31.3 Å². The molecule has 0 spiro atoms. The van der Waals surface area contributed by atoms with Crippen molar-refractivity contribution in [2.45, 2.75) is 30.6 Å². The van der Waals surface area contributed by atoms with E-state index in [4.69, 9.17) is 5.73 Å². The van der Waals surface area contributed by atoms with Gasteiger partial charge in [0.05, 0.1) is 23.6 Å². The summed E-state index contributed by atoms with van der Waals surface area (Å²) in [5, 5.41) is 57.1. The Labute approximate surface area is 230 Å². The molecule has 2 aromatic carbocycles. The molecule has 5 rings (SSSR count). The monoisotopic (exact) mass is 546 g/mol. The number of fused-ring (bicyclic) bond motifs is 3. The van der Waals surface area contributed by atoms with Crippen LogP contribution in [0.3, 0.4) is 0 Å². The molecule has 0 saturated heterocycles. The van der Waals surface area contributed by atoms with Crippen molar-refractivity contribution in [2.24, 2.45) is 17.6 Å². The highest BCUT2D eigenvalue weighted by atomic mass is 16.4. The normalized spacial score (nSPS) is 29.7. The lowest BCUT2D eigenvalue weighted by Gasteiger charge is -2.53. The number of rotatable bonds is 4. The van der Waals surface area contributed by atoms with Gasteiger partial charge in [-0.1, -0.05) is 56.0 Å². The number of phenolic OH excluding ortho intramolecular Hbond substituents is 1. The van der Waals surface area contributed by atoms with Crippen LogP contribution in [0.4, 0.5) is 0 Å². The van der Waals surface area contributed by atoms with E-state index in [0.29, 0.717) is 16.7 Å². The van der Waals surface area contributed by atoms with E-state index >= 15 is 0 Å². The van der Waals surface area contributed by atoms with Gasteiger partial charge in [0, 0.05) is 17.1 Å². The smallest absolute Gasteiger partial charge is 0.255 e. The van der Waals surface area contributed by atoms with Crippen LogP contribution in [0, 0.1) is 11.8 Å². The molecule has 10 nitrogen and oxygen atoms in total. The number of aliphatic hydroxyl groups is 4. The molecule has 3 aliphatic carbocycles. The third-order valence-electron chi connectivity index (χ3n) is 8.59. The fourth-order valence-corrected chi connectivity index (χ4v) is 6.65. The first-order chi connectivity index (χ1) is 18.8. The Hall–Kier alpha value is -4.25. The standard InChI is InChI=1S/C30H30N2O8/c1-5-13-6-8-14(9-7-13)16-11-10-15-12(2)17-19(24(34)18(15)23(16)33)27(37)30(40)21(25(17)35)22(32(3)4)26(36)20(28(30)38)29(31)39/h5-12,17,21-22,25,33,35-37,40H,1H2,2-4H3,(H2,31,39)/t12-,17+,21+,22-,25-,30-/m0/s1. The number of ketones is 2. The van der Waals surface area contributed by atoms with Crippen molar-refractivity contribution in [1.29, 1.82) is 0 Å². The first-order valence-electron chi connectivity index (χ1n) is 12.7. The predicted octanol–water partition coefficient (Wildman–Crippen LogP) is 1.96. The molecule has 0 fully saturated rings. The maximum Gasteiger partial charge on any atom is 0.255 e. The van der Waals surface area contributed by atoms with E-state index in [1.165, 1.54) is 19.0 Å². The third kappa shape index (κ3) is 3.43. The largest absolute Gasteiger partial charge is 0.510 e. The van der Waals surface area contributed by atoms with Crippen LogP contribution in [0.25, 0.3) is 17.2 Å². The van der Waals surface area contributed by atoms with Gasteiger partial charge in [0.15, 0.2) is 11.4 Å². The second-order valence-corrected chi connectivity index (χ2v) is 10.8. The zero-order valence-electron chi connectivity index (χ0n) is 22.1. The number of likely N-dealkylation sites (N-methyl/N-ethyl adjacent to an activating group) is 1. The molecule has 40 heavy (non-hydrogen) atoms. The molecule has 2 aromatic rings. The van der Waals surface area contributed by atoms with E-state index in [-0.39, 0.29) is 11.3 Å². The van der Waals surface area contributed by atoms with Crippen LogP contribution in [-0.2, 0) is 9.59 Å². The molecule has 0 unspecified atom stereocenters. The summed E-state index contributed by atoms with van der Waals surface area (Å²) >= 11 is 0. The number of carbonyl (C=O) groups is 3. The molecule has 7 N–H and O–H groups in total. The van der Waals surface area contributed by atoms with E-state index in [0.717, 1.165) is 5.56 Å². The van der Waals surface area contributed by atoms with E-state index in [1.807, 2.05) is 0 Å². The maximum absolute atomic E-state index is 14.0. The number of nitrogens with two attached hydrogens (primary N) is 1. The molecule has 1 amide bonds. The molecule has 208 valence electrons. The van der Waals surface area contributed by atoms with E-state index in [9.17, 15) is 39.9 Å². The van der Waals surface area contributed by atoms with Crippen molar-refractivity contribution < 1.29 is 39.9 Å². The minimum Gasteiger partial charge on any atom is -0.510 e. The number of hydrogen-bond acceptors (Lipinski definition) is 9. The van der Waals surface area contributed by atoms with Gasteiger partial charge in [-0.15, -0.1) is 0 Å². The van der Waals surface area contributed by atoms with Gasteiger partial charge >= 0.3 is 0 Å².